The van der Waals surface area contributed by atoms with E-state index in [1.54, 1.807) is 6.21 Å². The van der Waals surface area contributed by atoms with E-state index in [0.29, 0.717) is 34.8 Å². The highest BCUT2D eigenvalue weighted by Gasteiger charge is 2.07. The highest BCUT2D eigenvalue weighted by Crippen LogP contribution is 2.30. The Bertz CT molecular complexity index is 986. The Labute approximate surface area is 175 Å². The highest BCUT2D eigenvalue weighted by molar-refractivity contribution is 6.31. The van der Waals surface area contributed by atoms with Gasteiger partial charge < -0.3 is 9.47 Å². The Morgan fingerprint density at radius 1 is 0.929 bits per heavy atom. The van der Waals surface area contributed by atoms with E-state index in [9.17, 15) is 0 Å². The first-order chi connectivity index (χ1) is 13.6. The molecule has 0 atom stereocenters. The van der Waals surface area contributed by atoms with Gasteiger partial charge in [-0.15, -0.1) is 0 Å². The van der Waals surface area contributed by atoms with Crippen LogP contribution in [0.5, 0.6) is 11.5 Å². The topological polar surface area (TPSA) is 30.8 Å². The van der Waals surface area contributed by atoms with Crippen LogP contribution in [0.15, 0.2) is 65.7 Å². The molecule has 0 heterocycles. The molecule has 5 heteroatoms. The van der Waals surface area contributed by atoms with E-state index in [1.807, 2.05) is 74.5 Å². The van der Waals surface area contributed by atoms with Gasteiger partial charge in [-0.1, -0.05) is 41.4 Å². The third-order valence-electron chi connectivity index (χ3n) is 4.14. The van der Waals surface area contributed by atoms with E-state index in [1.165, 1.54) is 0 Å². The predicted octanol–water partition coefficient (Wildman–Crippen LogP) is 7.03. The first-order valence-electron chi connectivity index (χ1n) is 9.00. The van der Waals surface area contributed by atoms with Gasteiger partial charge in [0, 0.05) is 16.3 Å². The molecule has 3 rings (SSSR count). The quantitative estimate of drug-likeness (QED) is 0.389. The van der Waals surface area contributed by atoms with Crippen molar-refractivity contribution in [3.63, 3.8) is 0 Å². The molecular weight excluding hydrogens is 393 g/mol. The van der Waals surface area contributed by atoms with E-state index in [0.717, 1.165) is 22.4 Å². The van der Waals surface area contributed by atoms with Gasteiger partial charge in [0.25, 0.3) is 0 Å². The monoisotopic (exact) mass is 413 g/mol. The summed E-state index contributed by atoms with van der Waals surface area (Å²) >= 11 is 12.2. The van der Waals surface area contributed by atoms with Crippen LogP contribution in [0, 0.1) is 6.92 Å². The molecule has 3 aromatic carbocycles. The fourth-order valence-electron chi connectivity index (χ4n) is 2.66. The van der Waals surface area contributed by atoms with Gasteiger partial charge in [0.2, 0.25) is 0 Å². The summed E-state index contributed by atoms with van der Waals surface area (Å²) in [5.74, 6) is 1.36. The summed E-state index contributed by atoms with van der Waals surface area (Å²) in [4.78, 5) is 4.55. The van der Waals surface area contributed by atoms with Crippen molar-refractivity contribution in [1.82, 2.24) is 0 Å². The minimum absolute atomic E-state index is 0.412. The maximum Gasteiger partial charge on any atom is 0.161 e. The van der Waals surface area contributed by atoms with Crippen LogP contribution in [0.25, 0.3) is 0 Å². The molecule has 0 N–H and O–H groups in total. The zero-order chi connectivity index (χ0) is 19.9. The van der Waals surface area contributed by atoms with E-state index < -0.39 is 0 Å². The molecule has 0 bridgehead atoms. The summed E-state index contributed by atoms with van der Waals surface area (Å²) in [6.45, 7) is 4.85. The van der Waals surface area contributed by atoms with Crippen LogP contribution in [0.3, 0.4) is 0 Å². The molecule has 0 radical (unpaired) electrons. The van der Waals surface area contributed by atoms with Crippen molar-refractivity contribution in [1.29, 1.82) is 0 Å². The van der Waals surface area contributed by atoms with Gasteiger partial charge in [-0.05, 0) is 73.0 Å². The van der Waals surface area contributed by atoms with Gasteiger partial charge in [-0.2, -0.15) is 0 Å². The second-order valence-corrected chi connectivity index (χ2v) is 7.04. The van der Waals surface area contributed by atoms with Crippen LogP contribution in [-0.4, -0.2) is 12.8 Å². The second kappa shape index (κ2) is 9.63. The van der Waals surface area contributed by atoms with Gasteiger partial charge in [0.15, 0.2) is 11.5 Å². The Balaban J connectivity index is 1.78. The SMILES string of the molecule is CCOc1cc(C=Nc2cccc(Cl)c2C)ccc1OCc1cccc(Cl)c1. The van der Waals surface area contributed by atoms with E-state index in [4.69, 9.17) is 32.7 Å². The first-order valence-corrected chi connectivity index (χ1v) is 9.75. The van der Waals surface area contributed by atoms with E-state index in [2.05, 4.69) is 4.99 Å². The number of hydrogen-bond acceptors (Lipinski definition) is 3. The molecule has 0 fully saturated rings. The minimum atomic E-state index is 0.412. The maximum absolute atomic E-state index is 6.16. The predicted molar refractivity (Wildman–Crippen MR) is 117 cm³/mol. The molecule has 0 unspecified atom stereocenters. The number of halogens is 2. The largest absolute Gasteiger partial charge is 0.490 e. The number of benzene rings is 3. The smallest absolute Gasteiger partial charge is 0.161 e. The zero-order valence-corrected chi connectivity index (χ0v) is 17.3. The molecule has 3 aromatic rings. The van der Waals surface area contributed by atoms with Crippen molar-refractivity contribution in [2.75, 3.05) is 6.61 Å². The van der Waals surface area contributed by atoms with Crippen LogP contribution in [-0.2, 0) is 6.61 Å². The van der Waals surface area contributed by atoms with Crippen molar-refractivity contribution in [3.05, 3.63) is 87.4 Å². The first kappa shape index (κ1) is 20.2. The van der Waals surface area contributed by atoms with Crippen molar-refractivity contribution < 1.29 is 9.47 Å². The lowest BCUT2D eigenvalue weighted by atomic mass is 10.2. The lowest BCUT2D eigenvalue weighted by Crippen LogP contribution is -2.00. The minimum Gasteiger partial charge on any atom is -0.490 e. The normalized spacial score (nSPS) is 11.0. The summed E-state index contributed by atoms with van der Waals surface area (Å²) in [6, 6.07) is 19.0. The van der Waals surface area contributed by atoms with Crippen LogP contribution in [0.2, 0.25) is 10.0 Å². The van der Waals surface area contributed by atoms with Crippen LogP contribution >= 0.6 is 23.2 Å². The molecule has 0 spiro atoms. The average Bonchev–Trinajstić information content (AvgIpc) is 2.69. The van der Waals surface area contributed by atoms with Gasteiger partial charge in [0.1, 0.15) is 6.61 Å². The summed E-state index contributed by atoms with van der Waals surface area (Å²) < 4.78 is 11.7. The van der Waals surface area contributed by atoms with Crippen molar-refractivity contribution in [2.45, 2.75) is 20.5 Å². The summed E-state index contributed by atoms with van der Waals surface area (Å²) in [5.41, 5.74) is 3.70. The Kier molecular flexibility index (Phi) is 6.96. The van der Waals surface area contributed by atoms with Gasteiger partial charge in [-0.25, -0.2) is 0 Å². The fourth-order valence-corrected chi connectivity index (χ4v) is 3.04. The molecule has 0 aliphatic carbocycles. The molecule has 0 saturated heterocycles. The van der Waals surface area contributed by atoms with Gasteiger partial charge >= 0.3 is 0 Å². The Morgan fingerprint density at radius 3 is 2.54 bits per heavy atom. The molecule has 0 amide bonds. The molecule has 0 aliphatic heterocycles. The molecule has 0 saturated carbocycles. The Hall–Kier alpha value is -2.49. The molecular formula is C23H21Cl2NO2. The van der Waals surface area contributed by atoms with Crippen molar-refractivity contribution >= 4 is 35.1 Å². The lowest BCUT2D eigenvalue weighted by molar-refractivity contribution is 0.269. The Morgan fingerprint density at radius 2 is 1.75 bits per heavy atom. The molecule has 28 heavy (non-hydrogen) atoms. The summed E-state index contributed by atoms with van der Waals surface area (Å²) in [5, 5.41) is 1.39. The number of rotatable bonds is 7. The third kappa shape index (κ3) is 5.28. The molecule has 3 nitrogen and oxygen atoms in total. The van der Waals surface area contributed by atoms with Crippen LogP contribution < -0.4 is 9.47 Å². The average molecular weight is 414 g/mol. The number of aliphatic imine (C=N–C) groups is 1. The fraction of sp³-hybridized carbons (Fsp3) is 0.174. The highest BCUT2D eigenvalue weighted by atomic mass is 35.5. The standard InChI is InChI=1S/C23H21Cl2NO2/c1-3-27-23-13-17(14-26-21-9-5-8-20(25)16(21)2)10-11-22(23)28-15-18-6-4-7-19(24)12-18/h4-14H,3,15H2,1-2H3. The molecule has 0 aliphatic rings. The van der Waals surface area contributed by atoms with Crippen molar-refractivity contribution in [3.8, 4) is 11.5 Å². The number of ether oxygens (including phenoxy) is 2. The van der Waals surface area contributed by atoms with Gasteiger partial charge in [-0.3, -0.25) is 4.99 Å². The molecule has 144 valence electrons. The van der Waals surface area contributed by atoms with E-state index >= 15 is 0 Å². The summed E-state index contributed by atoms with van der Waals surface area (Å²) in [7, 11) is 0. The van der Waals surface area contributed by atoms with E-state index in [-0.39, 0.29) is 0 Å². The zero-order valence-electron chi connectivity index (χ0n) is 15.8. The maximum atomic E-state index is 6.16. The number of hydrogen-bond donors (Lipinski definition) is 0. The van der Waals surface area contributed by atoms with Crippen LogP contribution in [0.4, 0.5) is 5.69 Å². The lowest BCUT2D eigenvalue weighted by Gasteiger charge is -2.13. The molecule has 0 aromatic heterocycles. The second-order valence-electron chi connectivity index (χ2n) is 6.20. The number of nitrogens with zero attached hydrogens (tertiary/aromatic N) is 1. The van der Waals surface area contributed by atoms with Crippen LogP contribution in [0.1, 0.15) is 23.6 Å². The summed E-state index contributed by atoms with van der Waals surface area (Å²) in [6.07, 6.45) is 1.79. The van der Waals surface area contributed by atoms with Gasteiger partial charge in [0.05, 0.1) is 12.3 Å². The third-order valence-corrected chi connectivity index (χ3v) is 4.79. The van der Waals surface area contributed by atoms with Crippen molar-refractivity contribution in [2.24, 2.45) is 4.99 Å².